The second kappa shape index (κ2) is 21.8. The van der Waals surface area contributed by atoms with Gasteiger partial charge in [-0.2, -0.15) is 23.5 Å². The summed E-state index contributed by atoms with van der Waals surface area (Å²) in [4.78, 5) is 0. The number of hydrogen-bond acceptors (Lipinski definition) is 9. The molecule has 0 N–H and O–H groups in total. The molecule has 10 heteroatoms. The van der Waals surface area contributed by atoms with Gasteiger partial charge in [0, 0.05) is 42.3 Å². The van der Waals surface area contributed by atoms with Gasteiger partial charge in [0.2, 0.25) is 0 Å². The first kappa shape index (κ1) is 42.0. The zero-order valence-electron chi connectivity index (χ0n) is 31.6. The summed E-state index contributed by atoms with van der Waals surface area (Å²) in [5, 5.41) is 0.516. The average Bonchev–Trinajstić information content (AvgIpc) is 3.08. The van der Waals surface area contributed by atoms with Gasteiger partial charge in [-0.25, -0.2) is 0 Å². The molecule has 0 saturated carbocycles. The Morgan fingerprint density at radius 2 is 1.39 bits per heavy atom. The molecule has 1 heterocycles. The number of rotatable bonds is 25. The van der Waals surface area contributed by atoms with Crippen LogP contribution in [0.15, 0.2) is 42.5 Å². The Labute approximate surface area is 307 Å². The first-order valence-corrected chi connectivity index (χ1v) is 23.1. The van der Waals surface area contributed by atoms with Crippen LogP contribution in [0.4, 0.5) is 0 Å². The second-order valence-electron chi connectivity index (χ2n) is 14.6. The molecule has 278 valence electrons. The maximum absolute atomic E-state index is 6.40. The highest BCUT2D eigenvalue weighted by molar-refractivity contribution is 7.99. The van der Waals surface area contributed by atoms with E-state index in [1.165, 1.54) is 61.8 Å². The van der Waals surface area contributed by atoms with E-state index in [4.69, 9.17) is 32.8 Å². The van der Waals surface area contributed by atoms with Gasteiger partial charge in [0.1, 0.15) is 17.2 Å². The Kier molecular flexibility index (Phi) is 18.7. The number of methoxy groups -OCH3 is 2. The van der Waals surface area contributed by atoms with Gasteiger partial charge in [-0.15, -0.1) is 0 Å². The van der Waals surface area contributed by atoms with Gasteiger partial charge in [0.05, 0.1) is 26.4 Å². The molecule has 2 aromatic carbocycles. The fourth-order valence-corrected chi connectivity index (χ4v) is 9.00. The van der Waals surface area contributed by atoms with Crippen molar-refractivity contribution in [1.29, 1.82) is 0 Å². The summed E-state index contributed by atoms with van der Waals surface area (Å²) in [7, 11) is 1.60. The van der Waals surface area contributed by atoms with Crippen LogP contribution in [0.25, 0.3) is 0 Å². The number of fused-ring (bicyclic) bond motifs is 1. The molecule has 3 rings (SSSR count). The van der Waals surface area contributed by atoms with Crippen molar-refractivity contribution in [2.45, 2.75) is 101 Å². The van der Waals surface area contributed by atoms with Crippen molar-refractivity contribution in [1.82, 2.24) is 0 Å². The molecule has 0 saturated heterocycles. The largest absolute Gasteiger partial charge is 0.492 e. The lowest BCUT2D eigenvalue weighted by Crippen LogP contribution is -2.41. The van der Waals surface area contributed by atoms with E-state index < -0.39 is 8.32 Å². The third-order valence-electron chi connectivity index (χ3n) is 9.66. The van der Waals surface area contributed by atoms with Crippen molar-refractivity contribution >= 4 is 31.8 Å². The SMILES string of the molecule is COCOc1ccc(C2(C)COc3cc(OCOC)ccc3C2SCCCCCCCCCSCCOCCO[Si](C)(C)C(C)(C)C)cc1. The van der Waals surface area contributed by atoms with E-state index in [0.29, 0.717) is 13.2 Å². The van der Waals surface area contributed by atoms with E-state index in [1.54, 1.807) is 14.2 Å². The number of ether oxygens (including phenoxy) is 6. The maximum atomic E-state index is 6.40. The summed E-state index contributed by atoms with van der Waals surface area (Å²) >= 11 is 4.07. The third kappa shape index (κ3) is 13.9. The summed E-state index contributed by atoms with van der Waals surface area (Å²) in [5.74, 6) is 5.90. The first-order chi connectivity index (χ1) is 23.5. The molecule has 49 heavy (non-hydrogen) atoms. The number of benzene rings is 2. The van der Waals surface area contributed by atoms with Gasteiger partial charge in [0.15, 0.2) is 21.9 Å². The van der Waals surface area contributed by atoms with Crippen LogP contribution in [0.5, 0.6) is 17.2 Å². The molecule has 0 aliphatic carbocycles. The lowest BCUT2D eigenvalue weighted by molar-refractivity contribution is 0.0506. The van der Waals surface area contributed by atoms with Crippen LogP contribution in [0, 0.1) is 0 Å². The van der Waals surface area contributed by atoms with Crippen molar-refractivity contribution < 1.29 is 32.8 Å². The summed E-state index contributed by atoms with van der Waals surface area (Å²) in [6.45, 7) is 17.1. The average molecular weight is 737 g/mol. The summed E-state index contributed by atoms with van der Waals surface area (Å²) in [6.07, 6.45) is 9.09. The van der Waals surface area contributed by atoms with Gasteiger partial charge in [-0.05, 0) is 66.2 Å². The van der Waals surface area contributed by atoms with Crippen LogP contribution in [0.1, 0.15) is 89.0 Å². The molecular weight excluding hydrogens is 673 g/mol. The Balaban J connectivity index is 1.34. The fourth-order valence-electron chi connectivity index (χ4n) is 5.57. The highest BCUT2D eigenvalue weighted by Crippen LogP contribution is 2.53. The van der Waals surface area contributed by atoms with Crippen molar-refractivity contribution in [2.24, 2.45) is 0 Å². The molecule has 0 spiro atoms. The number of thioether (sulfide) groups is 2. The molecule has 0 amide bonds. The molecule has 0 fully saturated rings. The van der Waals surface area contributed by atoms with Gasteiger partial charge in [-0.3, -0.25) is 0 Å². The van der Waals surface area contributed by atoms with E-state index in [2.05, 4.69) is 70.7 Å². The Morgan fingerprint density at radius 3 is 2.04 bits per heavy atom. The highest BCUT2D eigenvalue weighted by Gasteiger charge is 2.43. The Morgan fingerprint density at radius 1 is 0.776 bits per heavy atom. The van der Waals surface area contributed by atoms with Crippen LogP contribution >= 0.6 is 23.5 Å². The van der Waals surface area contributed by atoms with Gasteiger partial charge in [-0.1, -0.05) is 78.0 Å². The molecule has 7 nitrogen and oxygen atoms in total. The topological polar surface area (TPSA) is 64.6 Å². The summed E-state index contributed by atoms with van der Waals surface area (Å²) < 4.78 is 39.9. The molecule has 1 aliphatic heterocycles. The van der Waals surface area contributed by atoms with E-state index in [0.717, 1.165) is 42.0 Å². The van der Waals surface area contributed by atoms with Gasteiger partial charge < -0.3 is 32.8 Å². The van der Waals surface area contributed by atoms with Crippen LogP contribution < -0.4 is 14.2 Å². The van der Waals surface area contributed by atoms with E-state index in [9.17, 15) is 0 Å². The van der Waals surface area contributed by atoms with Crippen LogP contribution in [0.2, 0.25) is 18.1 Å². The first-order valence-electron chi connectivity index (χ1n) is 18.0. The zero-order valence-corrected chi connectivity index (χ0v) is 34.2. The van der Waals surface area contributed by atoms with Crippen LogP contribution in [-0.4, -0.2) is 79.8 Å². The standard InChI is InChI=1S/C39H64O7S2Si/c1-38(2,3)49(7,8)46-23-22-42-24-27-47-25-14-12-10-9-11-13-15-26-48-37-35-21-20-34(45-31-41-6)28-36(35)43-29-39(37,4)32-16-18-33(19-17-32)44-30-40-5/h16-21,28,37H,9-15,22-27,29-31H2,1-8H3. The Hall–Kier alpha value is -1.40. The van der Waals surface area contributed by atoms with Crippen molar-refractivity contribution in [3.8, 4) is 17.2 Å². The molecule has 1 aliphatic rings. The zero-order chi connectivity index (χ0) is 35.6. The van der Waals surface area contributed by atoms with Crippen LogP contribution in [0.3, 0.4) is 0 Å². The number of hydrogen-bond donors (Lipinski definition) is 0. The predicted octanol–water partition coefficient (Wildman–Crippen LogP) is 10.3. The third-order valence-corrected chi connectivity index (χ3v) is 16.9. The monoisotopic (exact) mass is 736 g/mol. The van der Waals surface area contributed by atoms with E-state index in [-0.39, 0.29) is 29.3 Å². The normalized spacial score (nSPS) is 17.8. The second-order valence-corrected chi connectivity index (χ2v) is 21.8. The smallest absolute Gasteiger partial charge is 0.192 e. The van der Waals surface area contributed by atoms with Crippen LogP contribution in [-0.2, 0) is 24.1 Å². The van der Waals surface area contributed by atoms with Crippen molar-refractivity contribution in [3.05, 3.63) is 53.6 Å². The maximum Gasteiger partial charge on any atom is 0.192 e. The minimum atomic E-state index is -1.66. The van der Waals surface area contributed by atoms with Gasteiger partial charge >= 0.3 is 0 Å². The summed E-state index contributed by atoms with van der Waals surface area (Å²) in [5.41, 5.74) is 2.29. The molecule has 2 atom stereocenters. The molecule has 0 radical (unpaired) electrons. The minimum absolute atomic E-state index is 0.185. The van der Waals surface area contributed by atoms with Gasteiger partial charge in [0.25, 0.3) is 0 Å². The Bertz CT molecular complexity index is 1190. The predicted molar refractivity (Wildman–Crippen MR) is 210 cm³/mol. The summed E-state index contributed by atoms with van der Waals surface area (Å²) in [6, 6.07) is 14.6. The van der Waals surface area contributed by atoms with E-state index >= 15 is 0 Å². The molecule has 0 bridgehead atoms. The lowest BCUT2D eigenvalue weighted by Gasteiger charge is -2.42. The van der Waals surface area contributed by atoms with Crippen molar-refractivity contribution in [3.63, 3.8) is 0 Å². The lowest BCUT2D eigenvalue weighted by atomic mass is 9.76. The number of unbranched alkanes of at least 4 members (excludes halogenated alkanes) is 6. The highest BCUT2D eigenvalue weighted by atomic mass is 32.2. The molecule has 0 aromatic heterocycles. The molecule has 2 aromatic rings. The fraction of sp³-hybridized carbons (Fsp3) is 0.692. The molecular formula is C39H64O7S2Si. The van der Waals surface area contributed by atoms with Crippen molar-refractivity contribution in [2.75, 3.05) is 71.5 Å². The minimum Gasteiger partial charge on any atom is -0.492 e. The van der Waals surface area contributed by atoms with E-state index in [1.807, 2.05) is 36.0 Å². The quantitative estimate of drug-likeness (QED) is 0.0563. The molecule has 2 unspecified atom stereocenters.